The summed E-state index contributed by atoms with van der Waals surface area (Å²) in [6.07, 6.45) is 2.19. The topological polar surface area (TPSA) is 52.0 Å². The Morgan fingerprint density at radius 1 is 0.969 bits per heavy atom. The fraction of sp³-hybridized carbons (Fsp3) is 0.154. The van der Waals surface area contributed by atoms with Gasteiger partial charge in [0, 0.05) is 11.1 Å². The summed E-state index contributed by atoms with van der Waals surface area (Å²) in [5, 5.41) is 7.98. The first-order chi connectivity index (χ1) is 15.7. The highest BCUT2D eigenvalue weighted by Gasteiger charge is 2.40. The van der Waals surface area contributed by atoms with Crippen LogP contribution in [0.25, 0.3) is 5.70 Å². The summed E-state index contributed by atoms with van der Waals surface area (Å²) in [7, 11) is 0. The van der Waals surface area contributed by atoms with Crippen LogP contribution in [0.2, 0.25) is 0 Å². The van der Waals surface area contributed by atoms with Crippen molar-refractivity contribution in [3.63, 3.8) is 0 Å². The first-order valence-corrected chi connectivity index (χ1v) is 10.7. The van der Waals surface area contributed by atoms with Crippen molar-refractivity contribution < 1.29 is 9.13 Å². The Morgan fingerprint density at radius 3 is 2.50 bits per heavy atom. The Bertz CT molecular complexity index is 1320. The normalized spacial score (nSPS) is 18.8. The second-order valence-corrected chi connectivity index (χ2v) is 8.03. The minimum Gasteiger partial charge on any atom is -0.480 e. The Kier molecular flexibility index (Phi) is 4.31. The van der Waals surface area contributed by atoms with E-state index in [1.807, 2.05) is 28.9 Å². The van der Waals surface area contributed by atoms with Gasteiger partial charge in [-0.25, -0.2) is 9.07 Å². The van der Waals surface area contributed by atoms with Crippen molar-refractivity contribution in [1.82, 2.24) is 14.8 Å². The van der Waals surface area contributed by atoms with Crippen LogP contribution < -0.4 is 10.1 Å². The van der Waals surface area contributed by atoms with Crippen LogP contribution in [0, 0.1) is 5.82 Å². The van der Waals surface area contributed by atoms with Gasteiger partial charge in [-0.1, -0.05) is 55.5 Å². The van der Waals surface area contributed by atoms with E-state index in [0.717, 1.165) is 40.1 Å². The molecule has 4 aromatic rings. The van der Waals surface area contributed by atoms with Crippen LogP contribution in [0.15, 0.2) is 84.7 Å². The molecule has 2 atom stereocenters. The predicted octanol–water partition coefficient (Wildman–Crippen LogP) is 5.54. The molecule has 0 bridgehead atoms. The lowest BCUT2D eigenvalue weighted by Crippen LogP contribution is -2.32. The molecular weight excluding hydrogens is 403 g/mol. The quantitative estimate of drug-likeness (QED) is 0.469. The molecule has 1 N–H and O–H groups in total. The third kappa shape index (κ3) is 2.91. The molecule has 3 aromatic carbocycles. The summed E-state index contributed by atoms with van der Waals surface area (Å²) >= 11 is 0. The number of aromatic nitrogens is 3. The largest absolute Gasteiger partial charge is 0.480 e. The van der Waals surface area contributed by atoms with Gasteiger partial charge in [0.15, 0.2) is 0 Å². The summed E-state index contributed by atoms with van der Waals surface area (Å²) < 4.78 is 22.2. The van der Waals surface area contributed by atoms with E-state index in [1.54, 1.807) is 12.1 Å². The van der Waals surface area contributed by atoms with Crippen LogP contribution in [-0.4, -0.2) is 14.8 Å². The van der Waals surface area contributed by atoms with Gasteiger partial charge in [-0.2, -0.15) is 10.1 Å². The van der Waals surface area contributed by atoms with E-state index in [9.17, 15) is 4.39 Å². The van der Waals surface area contributed by atoms with Crippen molar-refractivity contribution in [3.8, 4) is 5.75 Å². The van der Waals surface area contributed by atoms with E-state index in [2.05, 4.69) is 46.6 Å². The van der Waals surface area contributed by atoms with Gasteiger partial charge >= 0.3 is 0 Å². The molecule has 32 heavy (non-hydrogen) atoms. The van der Waals surface area contributed by atoms with E-state index >= 15 is 0 Å². The maximum Gasteiger partial charge on any atom is 0.226 e. The molecule has 0 aliphatic carbocycles. The lowest BCUT2D eigenvalue weighted by molar-refractivity contribution is 0.223. The van der Waals surface area contributed by atoms with Gasteiger partial charge in [0.05, 0.1) is 5.70 Å². The first kappa shape index (κ1) is 18.8. The number of anilines is 1. The average molecular weight is 424 g/mol. The lowest BCUT2D eigenvalue weighted by Gasteiger charge is -2.39. The van der Waals surface area contributed by atoms with Crippen molar-refractivity contribution in [2.75, 3.05) is 5.32 Å². The highest BCUT2D eigenvalue weighted by atomic mass is 19.1. The molecule has 0 spiro atoms. The van der Waals surface area contributed by atoms with Gasteiger partial charge in [0.25, 0.3) is 0 Å². The summed E-state index contributed by atoms with van der Waals surface area (Å²) in [5.74, 6) is 1.19. The molecule has 2 unspecified atom stereocenters. The lowest BCUT2D eigenvalue weighted by atomic mass is 9.84. The van der Waals surface area contributed by atoms with Crippen molar-refractivity contribution >= 4 is 11.6 Å². The molecule has 3 heterocycles. The third-order valence-corrected chi connectivity index (χ3v) is 6.20. The summed E-state index contributed by atoms with van der Waals surface area (Å²) in [4.78, 5) is 4.43. The van der Waals surface area contributed by atoms with E-state index in [4.69, 9.17) is 4.74 Å². The maximum absolute atomic E-state index is 13.7. The van der Waals surface area contributed by atoms with E-state index in [0.29, 0.717) is 5.95 Å². The fourth-order valence-electron chi connectivity index (χ4n) is 4.59. The smallest absolute Gasteiger partial charge is 0.226 e. The van der Waals surface area contributed by atoms with Crippen LogP contribution in [0.5, 0.6) is 5.75 Å². The van der Waals surface area contributed by atoms with Gasteiger partial charge in [-0.15, -0.1) is 0 Å². The predicted molar refractivity (Wildman–Crippen MR) is 121 cm³/mol. The molecule has 0 amide bonds. The minimum absolute atomic E-state index is 0.271. The average Bonchev–Trinajstić information content (AvgIpc) is 3.31. The van der Waals surface area contributed by atoms with Crippen LogP contribution >= 0.6 is 0 Å². The van der Waals surface area contributed by atoms with Crippen molar-refractivity contribution in [3.05, 3.63) is 113 Å². The van der Waals surface area contributed by atoms with Gasteiger partial charge in [-0.3, -0.25) is 0 Å². The Balaban J connectivity index is 1.60. The van der Waals surface area contributed by atoms with Gasteiger partial charge < -0.3 is 10.1 Å². The molecule has 5 nitrogen and oxygen atoms in total. The standard InChI is InChI=1S/C26H21FN4O/c1-2-16-7-9-18(10-8-16)25-22-23(20-5-3-4-6-21(20)32-25)30-26-28-15-29-31(26)24(22)17-11-13-19(27)14-12-17/h3-15,24-25H,2H2,1H3,(H,28,29,30). The molecular formula is C26H21FN4O. The minimum atomic E-state index is -0.328. The molecule has 6 heteroatoms. The molecule has 2 aliphatic rings. The first-order valence-electron chi connectivity index (χ1n) is 10.7. The second-order valence-electron chi connectivity index (χ2n) is 8.03. The number of aryl methyl sites for hydroxylation is 1. The number of fused-ring (bicyclic) bond motifs is 3. The Hall–Kier alpha value is -3.93. The second kappa shape index (κ2) is 7.34. The highest BCUT2D eigenvalue weighted by Crippen LogP contribution is 2.50. The summed E-state index contributed by atoms with van der Waals surface area (Å²) in [6, 6.07) is 22.8. The molecule has 2 aliphatic heterocycles. The van der Waals surface area contributed by atoms with Gasteiger partial charge in [-0.05, 0) is 47.4 Å². The monoisotopic (exact) mass is 424 g/mol. The highest BCUT2D eigenvalue weighted by molar-refractivity contribution is 5.85. The molecule has 0 saturated carbocycles. The SMILES string of the molecule is CCc1ccc(C2Oc3ccccc3C3=C2C(c2ccc(F)cc2)n2ncnc2N3)cc1. The number of halogens is 1. The number of benzene rings is 3. The van der Waals surface area contributed by atoms with E-state index in [-0.39, 0.29) is 18.0 Å². The maximum atomic E-state index is 13.7. The van der Waals surface area contributed by atoms with Gasteiger partial charge in [0.1, 0.15) is 30.0 Å². The van der Waals surface area contributed by atoms with Crippen LogP contribution in [0.4, 0.5) is 10.3 Å². The Labute approximate surface area is 185 Å². The van der Waals surface area contributed by atoms with Gasteiger partial charge in [0.2, 0.25) is 5.95 Å². The van der Waals surface area contributed by atoms with Crippen LogP contribution in [0.1, 0.15) is 41.3 Å². The number of nitrogens with one attached hydrogen (secondary N) is 1. The van der Waals surface area contributed by atoms with Crippen molar-refractivity contribution in [1.29, 1.82) is 0 Å². The zero-order valence-corrected chi connectivity index (χ0v) is 17.5. The van der Waals surface area contributed by atoms with Crippen LogP contribution in [0.3, 0.4) is 0 Å². The number of nitrogens with zero attached hydrogens (tertiary/aromatic N) is 3. The van der Waals surface area contributed by atoms with Crippen molar-refractivity contribution in [2.24, 2.45) is 0 Å². The molecule has 158 valence electrons. The molecule has 6 rings (SSSR count). The molecule has 0 fully saturated rings. The zero-order valence-electron chi connectivity index (χ0n) is 17.5. The third-order valence-electron chi connectivity index (χ3n) is 6.20. The Morgan fingerprint density at radius 2 is 1.72 bits per heavy atom. The summed E-state index contributed by atoms with van der Waals surface area (Å²) in [5.41, 5.74) is 6.22. The number of rotatable bonds is 3. The number of para-hydroxylation sites is 1. The number of hydrogen-bond donors (Lipinski definition) is 1. The number of ether oxygens (including phenoxy) is 1. The number of hydrogen-bond acceptors (Lipinski definition) is 4. The van der Waals surface area contributed by atoms with E-state index in [1.165, 1.54) is 24.0 Å². The van der Waals surface area contributed by atoms with E-state index < -0.39 is 0 Å². The molecule has 1 aromatic heterocycles. The van der Waals surface area contributed by atoms with Crippen molar-refractivity contribution in [2.45, 2.75) is 25.5 Å². The summed E-state index contributed by atoms with van der Waals surface area (Å²) in [6.45, 7) is 2.14. The fourth-order valence-corrected chi connectivity index (χ4v) is 4.59. The zero-order chi connectivity index (χ0) is 21.7. The molecule has 0 radical (unpaired) electrons. The molecule has 0 saturated heterocycles. The van der Waals surface area contributed by atoms with Crippen LogP contribution in [-0.2, 0) is 6.42 Å².